The van der Waals surface area contributed by atoms with Gasteiger partial charge in [-0.25, -0.2) is 25.9 Å². The Balaban J connectivity index is 1.42. The fourth-order valence-electron chi connectivity index (χ4n) is 4.68. The third kappa shape index (κ3) is 7.20. The van der Waals surface area contributed by atoms with E-state index in [4.69, 9.17) is 4.74 Å². The van der Waals surface area contributed by atoms with Crippen LogP contribution in [-0.2, 0) is 32.9 Å². The molecule has 4 rings (SSSR count). The summed E-state index contributed by atoms with van der Waals surface area (Å²) in [5.41, 5.74) is 2.53. The third-order valence-corrected chi connectivity index (χ3v) is 10.4. The summed E-state index contributed by atoms with van der Waals surface area (Å²) in [6.45, 7) is 3.56. The summed E-state index contributed by atoms with van der Waals surface area (Å²) in [5, 5.41) is 0. The average Bonchev–Trinajstić information content (AvgIpc) is 2.97. The molecule has 0 aliphatic carbocycles. The lowest BCUT2D eigenvalue weighted by atomic mass is 10.1. The van der Waals surface area contributed by atoms with Crippen LogP contribution in [0.3, 0.4) is 0 Å². The molecule has 3 aromatic rings. The zero-order chi connectivity index (χ0) is 28.8. The molecule has 1 N–H and O–H groups in total. The van der Waals surface area contributed by atoms with Crippen molar-refractivity contribution in [1.82, 2.24) is 9.03 Å². The molecule has 1 fully saturated rings. The van der Waals surface area contributed by atoms with Crippen LogP contribution in [0.5, 0.6) is 5.75 Å². The van der Waals surface area contributed by atoms with E-state index in [2.05, 4.69) is 11.6 Å². The molecule has 1 saturated heterocycles. The molecule has 0 spiro atoms. The van der Waals surface area contributed by atoms with E-state index in [-0.39, 0.29) is 35.2 Å². The lowest BCUT2D eigenvalue weighted by Gasteiger charge is -2.36. The van der Waals surface area contributed by atoms with E-state index in [1.807, 2.05) is 17.0 Å². The number of nitrogens with one attached hydrogen (secondary N) is 1. The Morgan fingerprint density at radius 2 is 1.43 bits per heavy atom. The molecule has 11 heteroatoms. The molecule has 0 bridgehead atoms. The molecular weight excluding hydrogens is 553 g/mol. The highest BCUT2D eigenvalue weighted by molar-refractivity contribution is 7.89. The van der Waals surface area contributed by atoms with Crippen molar-refractivity contribution in [3.63, 3.8) is 0 Å². The molecule has 1 aliphatic rings. The Bertz CT molecular complexity index is 1490. The number of hydrogen-bond acceptors (Lipinski definition) is 6. The molecular formula is C29H36FN3O5S2. The number of hydrogen-bond donors (Lipinski definition) is 1. The largest absolute Gasteiger partial charge is 0.495 e. The zero-order valence-electron chi connectivity index (χ0n) is 22.8. The van der Waals surface area contributed by atoms with Gasteiger partial charge in [0.25, 0.3) is 0 Å². The topological polar surface area (TPSA) is 96.0 Å². The van der Waals surface area contributed by atoms with Crippen LogP contribution in [0.15, 0.2) is 76.5 Å². The second-order valence-corrected chi connectivity index (χ2v) is 13.5. The van der Waals surface area contributed by atoms with Crippen molar-refractivity contribution in [2.24, 2.45) is 0 Å². The highest BCUT2D eigenvalue weighted by Crippen LogP contribution is 2.32. The van der Waals surface area contributed by atoms with Crippen LogP contribution in [0.25, 0.3) is 0 Å². The molecule has 3 aromatic carbocycles. The average molecular weight is 590 g/mol. The number of benzene rings is 3. The number of ether oxygens (including phenoxy) is 1. The van der Waals surface area contributed by atoms with E-state index >= 15 is 0 Å². The third-order valence-electron chi connectivity index (χ3n) is 7.04. The lowest BCUT2D eigenvalue weighted by Crippen LogP contribution is -2.48. The molecule has 216 valence electrons. The first-order valence-corrected chi connectivity index (χ1v) is 16.3. The summed E-state index contributed by atoms with van der Waals surface area (Å²) >= 11 is 0. The Morgan fingerprint density at radius 1 is 0.825 bits per heavy atom. The van der Waals surface area contributed by atoms with E-state index in [1.54, 1.807) is 36.4 Å². The highest BCUT2D eigenvalue weighted by atomic mass is 32.2. The van der Waals surface area contributed by atoms with Crippen LogP contribution < -0.4 is 14.4 Å². The lowest BCUT2D eigenvalue weighted by molar-refractivity contribution is 0.378. The number of methoxy groups -OCH3 is 1. The summed E-state index contributed by atoms with van der Waals surface area (Å²) in [5.74, 6) is 0.161. The number of aryl methyl sites for hydroxylation is 1. The Labute approximate surface area is 236 Å². The summed E-state index contributed by atoms with van der Waals surface area (Å²) < 4.78 is 75.2. The fraction of sp³-hybridized carbons (Fsp3) is 0.379. The van der Waals surface area contributed by atoms with E-state index in [0.717, 1.165) is 30.4 Å². The van der Waals surface area contributed by atoms with Gasteiger partial charge in [-0.3, -0.25) is 0 Å². The Morgan fingerprint density at radius 3 is 2.05 bits per heavy atom. The Hall–Kier alpha value is -2.99. The van der Waals surface area contributed by atoms with Gasteiger partial charge in [0, 0.05) is 32.7 Å². The quantitative estimate of drug-likeness (QED) is 0.340. The molecule has 0 radical (unpaired) electrons. The van der Waals surface area contributed by atoms with Gasteiger partial charge in [0.2, 0.25) is 20.0 Å². The first-order chi connectivity index (χ1) is 19.1. The number of rotatable bonds is 12. The zero-order valence-corrected chi connectivity index (χ0v) is 24.5. The maximum atomic E-state index is 13.3. The number of anilines is 1. The maximum absolute atomic E-state index is 13.3. The van der Waals surface area contributed by atoms with Gasteiger partial charge in [-0.15, -0.1) is 0 Å². The predicted molar refractivity (Wildman–Crippen MR) is 154 cm³/mol. The van der Waals surface area contributed by atoms with Crippen LogP contribution >= 0.6 is 0 Å². The van der Waals surface area contributed by atoms with Crippen LogP contribution in [0.4, 0.5) is 10.1 Å². The molecule has 1 heterocycles. The van der Waals surface area contributed by atoms with Gasteiger partial charge in [0.1, 0.15) is 11.6 Å². The van der Waals surface area contributed by atoms with Crippen molar-refractivity contribution in [3.8, 4) is 5.75 Å². The monoisotopic (exact) mass is 589 g/mol. The standard InChI is InChI=1S/C29H36FN3O5S2/c1-3-4-5-23-8-12-26(13-9-23)40(36,37)33-20-18-32(19-21-33)28-22-27(14-15-29(28)38-2)39(34,35)31-17-16-24-6-10-25(30)11-7-24/h6-15,22,31H,3-5,16-21H2,1-2H3. The van der Waals surface area contributed by atoms with Crippen molar-refractivity contribution in [3.05, 3.63) is 83.7 Å². The molecule has 40 heavy (non-hydrogen) atoms. The second-order valence-electron chi connectivity index (χ2n) is 9.75. The van der Waals surface area contributed by atoms with Gasteiger partial charge >= 0.3 is 0 Å². The van der Waals surface area contributed by atoms with Crippen molar-refractivity contribution < 1.29 is 26.0 Å². The number of halogens is 1. The minimum Gasteiger partial charge on any atom is -0.495 e. The molecule has 0 unspecified atom stereocenters. The Kier molecular flexibility index (Phi) is 9.83. The van der Waals surface area contributed by atoms with Crippen LogP contribution in [0.1, 0.15) is 30.9 Å². The van der Waals surface area contributed by atoms with E-state index in [9.17, 15) is 21.2 Å². The number of piperazine rings is 1. The highest BCUT2D eigenvalue weighted by Gasteiger charge is 2.30. The van der Waals surface area contributed by atoms with Crippen molar-refractivity contribution in [2.45, 2.75) is 42.4 Å². The molecule has 8 nitrogen and oxygen atoms in total. The van der Waals surface area contributed by atoms with Crippen molar-refractivity contribution in [2.75, 3.05) is 44.7 Å². The predicted octanol–water partition coefficient (Wildman–Crippen LogP) is 4.21. The van der Waals surface area contributed by atoms with Crippen LogP contribution in [0, 0.1) is 5.82 Å². The first-order valence-electron chi connectivity index (χ1n) is 13.4. The van der Waals surface area contributed by atoms with Gasteiger partial charge < -0.3 is 9.64 Å². The second kappa shape index (κ2) is 13.1. The van der Waals surface area contributed by atoms with Crippen LogP contribution in [-0.4, -0.2) is 61.0 Å². The summed E-state index contributed by atoms with van der Waals surface area (Å²) in [6.07, 6.45) is 3.49. The molecule has 0 atom stereocenters. The minimum absolute atomic E-state index is 0.0839. The molecule has 0 saturated carbocycles. The van der Waals surface area contributed by atoms with E-state index in [1.165, 1.54) is 29.6 Å². The van der Waals surface area contributed by atoms with E-state index in [0.29, 0.717) is 30.9 Å². The first kappa shape index (κ1) is 30.0. The van der Waals surface area contributed by atoms with Gasteiger partial charge in [-0.05, 0) is 72.9 Å². The summed E-state index contributed by atoms with van der Waals surface area (Å²) in [4.78, 5) is 2.30. The van der Waals surface area contributed by atoms with Gasteiger partial charge in [-0.2, -0.15) is 4.31 Å². The smallest absolute Gasteiger partial charge is 0.243 e. The molecule has 0 aromatic heterocycles. The van der Waals surface area contributed by atoms with E-state index < -0.39 is 20.0 Å². The molecule has 0 amide bonds. The summed E-state index contributed by atoms with van der Waals surface area (Å²) in [6, 6.07) is 17.7. The minimum atomic E-state index is -3.82. The number of unbranched alkanes of at least 4 members (excludes halogenated alkanes) is 1. The SMILES string of the molecule is CCCCc1ccc(S(=O)(=O)N2CCN(c3cc(S(=O)(=O)NCCc4ccc(F)cc4)ccc3OC)CC2)cc1. The summed E-state index contributed by atoms with van der Waals surface area (Å²) in [7, 11) is -5.94. The van der Waals surface area contributed by atoms with Gasteiger partial charge in [-0.1, -0.05) is 37.6 Å². The van der Waals surface area contributed by atoms with Gasteiger partial charge in [0.15, 0.2) is 0 Å². The number of sulfonamides is 2. The fourth-order valence-corrected chi connectivity index (χ4v) is 7.15. The van der Waals surface area contributed by atoms with Crippen LogP contribution in [0.2, 0.25) is 0 Å². The van der Waals surface area contributed by atoms with Crippen molar-refractivity contribution in [1.29, 1.82) is 0 Å². The van der Waals surface area contributed by atoms with Gasteiger partial charge in [0.05, 0.1) is 22.6 Å². The number of nitrogens with zero attached hydrogens (tertiary/aromatic N) is 2. The maximum Gasteiger partial charge on any atom is 0.243 e. The molecule has 1 aliphatic heterocycles. The normalized spacial score (nSPS) is 14.8. The van der Waals surface area contributed by atoms with Crippen molar-refractivity contribution >= 4 is 25.7 Å².